The van der Waals surface area contributed by atoms with Gasteiger partial charge in [-0.2, -0.15) is 10.2 Å². The van der Waals surface area contributed by atoms with E-state index in [1.165, 1.54) is 12.1 Å². The second-order valence-electron chi connectivity index (χ2n) is 9.71. The fourth-order valence-electron chi connectivity index (χ4n) is 4.03. The van der Waals surface area contributed by atoms with Gasteiger partial charge in [0.1, 0.15) is 0 Å². The molecule has 0 N–H and O–H groups in total. The van der Waals surface area contributed by atoms with E-state index in [0.29, 0.717) is 22.8 Å². The third kappa shape index (κ3) is 16.9. The molecular weight excluding hydrogens is 787 g/mol. The maximum atomic E-state index is 11.8. The number of hydrogen-bond donors (Lipinski definition) is 0. The molecule has 2 heterocycles. The van der Waals surface area contributed by atoms with Crippen LogP contribution in [0.3, 0.4) is 0 Å². The van der Waals surface area contributed by atoms with Crippen molar-refractivity contribution in [3.05, 3.63) is 169 Å². The van der Waals surface area contributed by atoms with Gasteiger partial charge >= 0.3 is 17.1 Å². The quantitative estimate of drug-likeness (QED) is 0.0952. The number of nitrogens with zero attached hydrogens (tertiary/aromatic N) is 6. The average molecular weight is 817 g/mol. The van der Waals surface area contributed by atoms with Gasteiger partial charge in [-0.05, 0) is 59.7 Å². The molecule has 16 heteroatoms. The Kier molecular flexibility index (Phi) is 20.2. The van der Waals surface area contributed by atoms with Gasteiger partial charge in [0.15, 0.2) is 11.6 Å². The predicted molar refractivity (Wildman–Crippen MR) is 189 cm³/mol. The fourth-order valence-corrected chi connectivity index (χ4v) is 4.03. The Morgan fingerprint density at radius 2 is 0.811 bits per heavy atom. The number of rotatable bonds is 8. The molecule has 0 amide bonds. The minimum absolute atomic E-state index is 0. The summed E-state index contributed by atoms with van der Waals surface area (Å²) in [6.45, 7) is 0. The van der Waals surface area contributed by atoms with Gasteiger partial charge in [-0.1, -0.05) is 109 Å². The molecule has 273 valence electrons. The number of aromatic nitrogens is 2. The number of pyridine rings is 2. The van der Waals surface area contributed by atoms with Crippen LogP contribution < -0.4 is 38.9 Å². The van der Waals surface area contributed by atoms with Crippen molar-refractivity contribution in [1.82, 2.24) is 9.97 Å². The molecule has 0 bridgehead atoms. The second-order valence-corrected chi connectivity index (χ2v) is 11.3. The fraction of sp³-hybridized carbons (Fsp3) is 0.0270. The Labute approximate surface area is 329 Å². The zero-order valence-electron chi connectivity index (χ0n) is 27.5. The number of hydrazone groups is 2. The van der Waals surface area contributed by atoms with Crippen LogP contribution in [0.4, 0.5) is 23.0 Å². The van der Waals surface area contributed by atoms with Crippen molar-refractivity contribution in [1.29, 1.82) is 0 Å². The molecule has 0 saturated carbocycles. The van der Waals surface area contributed by atoms with Gasteiger partial charge < -0.3 is 10.2 Å². The van der Waals surface area contributed by atoms with Crippen LogP contribution in [0, 0.1) is 10.2 Å². The molecule has 0 aliphatic rings. The third-order valence-corrected chi connectivity index (χ3v) is 6.20. The zero-order chi connectivity index (χ0) is 37.6. The predicted octanol–water partition coefficient (Wildman–Crippen LogP) is 3.32. The summed E-state index contributed by atoms with van der Waals surface area (Å²) in [5, 5.41) is 36.0. The number of para-hydroxylation sites is 4. The summed E-state index contributed by atoms with van der Waals surface area (Å²) >= 11 is 9.53. The zero-order valence-corrected chi connectivity index (χ0v) is 30.9. The van der Waals surface area contributed by atoms with Crippen molar-refractivity contribution in [2.75, 3.05) is 15.4 Å². The first kappa shape index (κ1) is 44.1. The van der Waals surface area contributed by atoms with Crippen LogP contribution in [-0.2, 0) is 17.1 Å². The van der Waals surface area contributed by atoms with E-state index in [2.05, 4.69) is 20.2 Å². The van der Waals surface area contributed by atoms with Crippen LogP contribution in [0.1, 0.15) is 11.1 Å². The van der Waals surface area contributed by atoms with E-state index in [9.17, 15) is 10.2 Å². The molecule has 0 aliphatic heterocycles. The number of halogens is 3. The van der Waals surface area contributed by atoms with E-state index in [1.54, 1.807) is 59.1 Å². The molecule has 12 nitrogen and oxygen atoms in total. The molecule has 0 fully saturated rings. The van der Waals surface area contributed by atoms with Crippen molar-refractivity contribution < 1.29 is 56.2 Å². The maximum Gasteiger partial charge on any atom is 3.00 e. The Bertz CT molecular complexity index is 1710. The molecular formula is C37H30Cl3FeN6O6. The van der Waals surface area contributed by atoms with Gasteiger partial charge in [-0.25, -0.2) is 38.6 Å². The van der Waals surface area contributed by atoms with Crippen molar-refractivity contribution in [3.63, 3.8) is 0 Å². The van der Waals surface area contributed by atoms with Crippen LogP contribution in [0.15, 0.2) is 168 Å². The summed E-state index contributed by atoms with van der Waals surface area (Å²) in [6.07, 6.45) is 6.54. The Morgan fingerprint density at radius 1 is 0.509 bits per heavy atom. The molecule has 0 unspecified atom stereocenters. The molecule has 53 heavy (non-hydrogen) atoms. The van der Waals surface area contributed by atoms with Crippen molar-refractivity contribution in [2.45, 2.75) is 0 Å². The molecule has 1 radical (unpaired) electrons. The van der Waals surface area contributed by atoms with E-state index in [-0.39, 0.29) is 33.9 Å². The normalized spacial score (nSPS) is 10.4. The second kappa shape index (κ2) is 24.2. The first-order valence-corrected chi connectivity index (χ1v) is 17.3. The molecule has 4 aromatic carbocycles. The van der Waals surface area contributed by atoms with Gasteiger partial charge in [0.25, 0.3) is 0 Å². The SMILES string of the molecule is ClCCl.[Fe+3].[O-][Cl+3]([O-])([O-])[O-].[O-]c1ccccc1/C=N/N(c1ccccc1)c1ccccn1.[O-]c1ccccc1/C=N/N(c1ccccc1)c1ccccn1. The summed E-state index contributed by atoms with van der Waals surface area (Å²) < 4.78 is 34.0. The van der Waals surface area contributed by atoms with Crippen LogP contribution in [0.2, 0.25) is 0 Å². The van der Waals surface area contributed by atoms with E-state index in [4.69, 9.17) is 41.8 Å². The Morgan fingerprint density at radius 3 is 1.11 bits per heavy atom. The minimum atomic E-state index is -4.94. The van der Waals surface area contributed by atoms with E-state index < -0.39 is 10.2 Å². The van der Waals surface area contributed by atoms with Gasteiger partial charge in [0, 0.05) is 12.4 Å². The molecule has 0 saturated heterocycles. The molecule has 0 atom stereocenters. The van der Waals surface area contributed by atoms with Crippen LogP contribution in [-0.4, -0.2) is 27.7 Å². The number of hydrogen-bond acceptors (Lipinski definition) is 12. The number of benzene rings is 4. The van der Waals surface area contributed by atoms with E-state index in [1.807, 2.05) is 109 Å². The summed E-state index contributed by atoms with van der Waals surface area (Å²) in [7, 11) is -4.94. The van der Waals surface area contributed by atoms with E-state index >= 15 is 0 Å². The van der Waals surface area contributed by atoms with Crippen LogP contribution in [0.25, 0.3) is 0 Å². The Hall–Kier alpha value is -5.05. The van der Waals surface area contributed by atoms with Crippen molar-refractivity contribution in [2.24, 2.45) is 10.2 Å². The first-order chi connectivity index (χ1) is 25.1. The molecule has 0 spiro atoms. The average Bonchev–Trinajstić information content (AvgIpc) is 3.15. The minimum Gasteiger partial charge on any atom is -0.872 e. The topological polar surface area (TPSA) is 195 Å². The van der Waals surface area contributed by atoms with Gasteiger partial charge in [-0.15, -0.1) is 33.4 Å². The van der Waals surface area contributed by atoms with Crippen molar-refractivity contribution >= 4 is 58.6 Å². The molecule has 0 aliphatic carbocycles. The Balaban J connectivity index is 0.000000301. The number of anilines is 4. The molecule has 6 aromatic rings. The van der Waals surface area contributed by atoms with Crippen LogP contribution >= 0.6 is 23.2 Å². The maximum absolute atomic E-state index is 11.8. The van der Waals surface area contributed by atoms with Crippen molar-refractivity contribution in [3.8, 4) is 11.5 Å². The summed E-state index contributed by atoms with van der Waals surface area (Å²) in [5.74, 6) is 1.27. The van der Waals surface area contributed by atoms with Gasteiger partial charge in [0.2, 0.25) is 0 Å². The smallest absolute Gasteiger partial charge is 0.872 e. The molecule has 6 rings (SSSR count). The third-order valence-electron chi connectivity index (χ3n) is 6.20. The number of alkyl halides is 2. The van der Waals surface area contributed by atoms with Gasteiger partial charge in [0.05, 0.1) is 29.1 Å². The first-order valence-electron chi connectivity index (χ1n) is 15.0. The monoisotopic (exact) mass is 815 g/mol. The summed E-state index contributed by atoms with van der Waals surface area (Å²) in [5.41, 5.74) is 2.83. The van der Waals surface area contributed by atoms with E-state index in [0.717, 1.165) is 11.4 Å². The summed E-state index contributed by atoms with van der Waals surface area (Å²) in [4.78, 5) is 8.65. The van der Waals surface area contributed by atoms with Gasteiger partial charge in [-0.3, -0.25) is 0 Å². The molecule has 2 aromatic heterocycles. The van der Waals surface area contributed by atoms with Crippen LogP contribution in [0.5, 0.6) is 11.5 Å². The summed E-state index contributed by atoms with van der Waals surface area (Å²) in [6, 6.07) is 44.2. The standard InChI is InChI=1S/2C18H15N3O.CH2Cl2.ClHO4.Fe/c2*22-17-11-5-4-8-15(17)14-20-21(16-9-2-1-3-10-16)18-12-6-7-13-19-18;2-1-3;2-1(3,4)5;/h2*1-14,22H;1H2;(H,2,3,4,5);/q;;;;+3/p-3/b2*20-14+;;;. The largest absolute Gasteiger partial charge is 3.00 e.